The topological polar surface area (TPSA) is 38.3 Å². The van der Waals surface area contributed by atoms with Gasteiger partial charge < -0.3 is 10.1 Å². The number of carbonyl (C=O) groups is 1. The van der Waals surface area contributed by atoms with E-state index in [0.717, 1.165) is 25.7 Å². The van der Waals surface area contributed by atoms with E-state index in [2.05, 4.69) is 5.32 Å². The predicted octanol–water partition coefficient (Wildman–Crippen LogP) is 3.04. The van der Waals surface area contributed by atoms with Crippen molar-refractivity contribution in [2.24, 2.45) is 5.92 Å². The fourth-order valence-corrected chi connectivity index (χ4v) is 2.04. The summed E-state index contributed by atoms with van der Waals surface area (Å²) < 4.78 is 17.9. The molecule has 1 fully saturated rings. The summed E-state index contributed by atoms with van der Waals surface area (Å²) in [4.78, 5) is 11.5. The van der Waals surface area contributed by atoms with Crippen LogP contribution in [-0.4, -0.2) is 24.4 Å². The molecule has 0 heterocycles. The molecular formula is C12H22FNO2. The quantitative estimate of drug-likeness (QED) is 0.793. The van der Waals surface area contributed by atoms with Crippen molar-refractivity contribution in [1.29, 1.82) is 0 Å². The van der Waals surface area contributed by atoms with Crippen molar-refractivity contribution in [3.05, 3.63) is 0 Å². The van der Waals surface area contributed by atoms with Gasteiger partial charge in [-0.2, -0.15) is 0 Å². The number of nitrogens with one attached hydrogen (secondary N) is 1. The zero-order chi connectivity index (χ0) is 12.2. The maximum absolute atomic E-state index is 12.7. The molecule has 94 valence electrons. The smallest absolute Gasteiger partial charge is 0.407 e. The first-order chi connectivity index (χ1) is 7.42. The van der Waals surface area contributed by atoms with Crippen molar-refractivity contribution < 1.29 is 13.9 Å². The van der Waals surface area contributed by atoms with Gasteiger partial charge in [-0.3, -0.25) is 4.39 Å². The highest BCUT2D eigenvalue weighted by Crippen LogP contribution is 2.25. The summed E-state index contributed by atoms with van der Waals surface area (Å²) in [5, 5.41) is 2.78. The van der Waals surface area contributed by atoms with Crippen molar-refractivity contribution in [2.45, 2.75) is 58.1 Å². The molecule has 0 aliphatic heterocycles. The Kier molecular flexibility index (Phi) is 4.56. The Morgan fingerprint density at radius 3 is 2.56 bits per heavy atom. The first kappa shape index (κ1) is 13.3. The van der Waals surface area contributed by atoms with Gasteiger partial charge in [0.05, 0.1) is 6.67 Å². The number of halogens is 1. The normalized spacial score (nSPS) is 26.2. The van der Waals surface area contributed by atoms with Gasteiger partial charge in [-0.1, -0.05) is 12.8 Å². The first-order valence-corrected chi connectivity index (χ1v) is 5.98. The molecule has 0 unspecified atom stereocenters. The Hall–Kier alpha value is -0.800. The highest BCUT2D eigenvalue weighted by atomic mass is 19.1. The van der Waals surface area contributed by atoms with E-state index in [9.17, 15) is 9.18 Å². The van der Waals surface area contributed by atoms with Crippen LogP contribution in [0.3, 0.4) is 0 Å². The highest BCUT2D eigenvalue weighted by Gasteiger charge is 2.28. The third-order valence-electron chi connectivity index (χ3n) is 2.81. The van der Waals surface area contributed by atoms with Crippen LogP contribution in [0.4, 0.5) is 9.18 Å². The van der Waals surface area contributed by atoms with E-state index in [1.807, 2.05) is 20.8 Å². The zero-order valence-corrected chi connectivity index (χ0v) is 10.4. The molecule has 0 aromatic rings. The monoisotopic (exact) mass is 231 g/mol. The van der Waals surface area contributed by atoms with Crippen molar-refractivity contribution >= 4 is 6.09 Å². The maximum atomic E-state index is 12.7. The van der Waals surface area contributed by atoms with E-state index in [1.165, 1.54) is 0 Å². The molecule has 3 nitrogen and oxygen atoms in total. The summed E-state index contributed by atoms with van der Waals surface area (Å²) in [6.07, 6.45) is 3.39. The molecule has 1 amide bonds. The molecule has 0 spiro atoms. The second-order valence-corrected chi connectivity index (χ2v) is 5.45. The van der Waals surface area contributed by atoms with E-state index in [-0.39, 0.29) is 18.6 Å². The number of ether oxygens (including phenoxy) is 1. The highest BCUT2D eigenvalue weighted by molar-refractivity contribution is 5.68. The minimum Gasteiger partial charge on any atom is -0.444 e. The Labute approximate surface area is 96.7 Å². The van der Waals surface area contributed by atoms with Gasteiger partial charge in [-0.15, -0.1) is 0 Å². The van der Waals surface area contributed by atoms with Crippen LogP contribution in [0.2, 0.25) is 0 Å². The van der Waals surface area contributed by atoms with Gasteiger partial charge in [0, 0.05) is 12.0 Å². The lowest BCUT2D eigenvalue weighted by atomic mass is 9.85. The number of hydrogen-bond acceptors (Lipinski definition) is 2. The van der Waals surface area contributed by atoms with E-state index >= 15 is 0 Å². The van der Waals surface area contributed by atoms with Crippen LogP contribution in [0.25, 0.3) is 0 Å². The Morgan fingerprint density at radius 1 is 1.38 bits per heavy atom. The van der Waals surface area contributed by atoms with Crippen molar-refractivity contribution in [1.82, 2.24) is 5.32 Å². The van der Waals surface area contributed by atoms with Crippen LogP contribution in [0.5, 0.6) is 0 Å². The van der Waals surface area contributed by atoms with Gasteiger partial charge in [0.25, 0.3) is 0 Å². The first-order valence-electron chi connectivity index (χ1n) is 5.98. The molecule has 1 aliphatic rings. The molecule has 4 heteroatoms. The summed E-state index contributed by atoms with van der Waals surface area (Å²) in [6.45, 7) is 5.10. The SMILES string of the molecule is CC(C)(C)OC(=O)N[C@@H]1CCCC[C@H]1CF. The van der Waals surface area contributed by atoms with Crippen molar-refractivity contribution in [2.75, 3.05) is 6.67 Å². The number of alkyl halides is 1. The van der Waals surface area contributed by atoms with Crippen molar-refractivity contribution in [3.8, 4) is 0 Å². The molecule has 0 aromatic carbocycles. The van der Waals surface area contributed by atoms with Crippen LogP contribution < -0.4 is 5.32 Å². The maximum Gasteiger partial charge on any atom is 0.407 e. The molecule has 1 rings (SSSR count). The van der Waals surface area contributed by atoms with Crippen LogP contribution in [0.15, 0.2) is 0 Å². The van der Waals surface area contributed by atoms with Crippen LogP contribution in [-0.2, 0) is 4.74 Å². The average Bonchev–Trinajstić information content (AvgIpc) is 2.15. The summed E-state index contributed by atoms with van der Waals surface area (Å²) in [7, 11) is 0. The van der Waals surface area contributed by atoms with E-state index in [4.69, 9.17) is 4.74 Å². The molecule has 16 heavy (non-hydrogen) atoms. The Morgan fingerprint density at radius 2 is 2.00 bits per heavy atom. The number of amides is 1. The van der Waals surface area contributed by atoms with Gasteiger partial charge in [0.2, 0.25) is 0 Å². The summed E-state index contributed by atoms with van der Waals surface area (Å²) >= 11 is 0. The minimum atomic E-state index is -0.496. The van der Waals surface area contributed by atoms with Crippen LogP contribution in [0, 0.1) is 5.92 Å². The third-order valence-corrected chi connectivity index (χ3v) is 2.81. The number of hydrogen-bond donors (Lipinski definition) is 1. The fraction of sp³-hybridized carbons (Fsp3) is 0.917. The molecule has 0 bridgehead atoms. The van der Waals surface area contributed by atoms with Crippen LogP contribution in [0.1, 0.15) is 46.5 Å². The van der Waals surface area contributed by atoms with Crippen LogP contribution >= 0.6 is 0 Å². The molecule has 1 aliphatic carbocycles. The van der Waals surface area contributed by atoms with Gasteiger partial charge in [-0.25, -0.2) is 4.79 Å². The molecule has 0 radical (unpaired) electrons. The second-order valence-electron chi connectivity index (χ2n) is 5.45. The Balaban J connectivity index is 2.42. The summed E-state index contributed by atoms with van der Waals surface area (Å²) in [6, 6.07) is -0.0615. The standard InChI is InChI=1S/C12H22FNO2/c1-12(2,3)16-11(15)14-10-7-5-4-6-9(10)8-13/h9-10H,4-8H2,1-3H3,(H,14,15)/t9-,10+/m0/s1. The summed E-state index contributed by atoms with van der Waals surface area (Å²) in [5.74, 6) is -0.0405. The van der Waals surface area contributed by atoms with Gasteiger partial charge in [0.15, 0.2) is 0 Å². The van der Waals surface area contributed by atoms with Crippen molar-refractivity contribution in [3.63, 3.8) is 0 Å². The average molecular weight is 231 g/mol. The van der Waals surface area contributed by atoms with E-state index in [0.29, 0.717) is 0 Å². The van der Waals surface area contributed by atoms with E-state index in [1.54, 1.807) is 0 Å². The molecule has 2 atom stereocenters. The largest absolute Gasteiger partial charge is 0.444 e. The zero-order valence-electron chi connectivity index (χ0n) is 10.4. The molecular weight excluding hydrogens is 209 g/mol. The number of carbonyl (C=O) groups excluding carboxylic acids is 1. The number of rotatable bonds is 2. The number of alkyl carbamates (subject to hydrolysis) is 1. The lowest BCUT2D eigenvalue weighted by molar-refractivity contribution is 0.0461. The predicted molar refractivity (Wildman–Crippen MR) is 61.1 cm³/mol. The van der Waals surface area contributed by atoms with Gasteiger partial charge >= 0.3 is 6.09 Å². The van der Waals surface area contributed by atoms with Gasteiger partial charge in [-0.05, 0) is 33.6 Å². The van der Waals surface area contributed by atoms with Gasteiger partial charge in [0.1, 0.15) is 5.60 Å². The molecule has 1 saturated carbocycles. The molecule has 0 aromatic heterocycles. The Bertz CT molecular complexity index is 238. The summed E-state index contributed by atoms with van der Waals surface area (Å²) in [5.41, 5.74) is -0.496. The lowest BCUT2D eigenvalue weighted by Gasteiger charge is -2.31. The molecule has 1 N–H and O–H groups in total. The van der Waals surface area contributed by atoms with E-state index < -0.39 is 11.7 Å². The minimum absolute atomic E-state index is 0.0405. The third kappa shape index (κ3) is 4.37. The molecule has 0 saturated heterocycles. The fourth-order valence-electron chi connectivity index (χ4n) is 2.04. The lowest BCUT2D eigenvalue weighted by Crippen LogP contribution is -2.45. The second kappa shape index (κ2) is 5.51.